The molecule has 0 atom stereocenters. The molecule has 0 saturated carbocycles. The Morgan fingerprint density at radius 3 is 2.48 bits per heavy atom. The number of pyridine rings is 1. The van der Waals surface area contributed by atoms with Crippen molar-refractivity contribution in [2.45, 2.75) is 32.5 Å². The molecule has 0 saturated heterocycles. The van der Waals surface area contributed by atoms with Crippen LogP contribution in [-0.4, -0.2) is 17.6 Å². The summed E-state index contributed by atoms with van der Waals surface area (Å²) >= 11 is 0. The van der Waals surface area contributed by atoms with E-state index in [-0.39, 0.29) is 6.61 Å². The number of ether oxygens (including phenoxy) is 1. The van der Waals surface area contributed by atoms with Gasteiger partial charge >= 0.3 is 12.1 Å². The SMILES string of the molecule is CCOC(=O)Cc1cc(C(F)F)nc(CN)c1C(F)(F)F. The molecule has 1 rings (SSSR count). The fourth-order valence-corrected chi connectivity index (χ4v) is 1.79. The molecule has 0 aliphatic carbocycles. The van der Waals surface area contributed by atoms with Crippen LogP contribution in [0.25, 0.3) is 0 Å². The second-order valence-electron chi connectivity index (χ2n) is 4.01. The molecular weight excluding hydrogens is 299 g/mol. The highest BCUT2D eigenvalue weighted by atomic mass is 19.4. The molecule has 0 aliphatic heterocycles. The van der Waals surface area contributed by atoms with Gasteiger partial charge in [-0.3, -0.25) is 4.79 Å². The molecule has 9 heteroatoms. The zero-order chi connectivity index (χ0) is 16.2. The van der Waals surface area contributed by atoms with Gasteiger partial charge in [-0.15, -0.1) is 0 Å². The first-order chi connectivity index (χ1) is 9.70. The third-order valence-corrected chi connectivity index (χ3v) is 2.54. The molecule has 0 unspecified atom stereocenters. The van der Waals surface area contributed by atoms with Crippen molar-refractivity contribution in [3.05, 3.63) is 28.6 Å². The van der Waals surface area contributed by atoms with Crippen LogP contribution in [0.4, 0.5) is 22.0 Å². The van der Waals surface area contributed by atoms with Crippen molar-refractivity contribution < 1.29 is 31.5 Å². The van der Waals surface area contributed by atoms with E-state index in [0.29, 0.717) is 6.07 Å². The third-order valence-electron chi connectivity index (χ3n) is 2.54. The van der Waals surface area contributed by atoms with E-state index in [1.807, 2.05) is 0 Å². The molecule has 0 fully saturated rings. The lowest BCUT2D eigenvalue weighted by Crippen LogP contribution is -2.20. The van der Waals surface area contributed by atoms with E-state index < -0.39 is 54.1 Å². The Bertz CT molecular complexity index is 517. The number of hydrogen-bond donors (Lipinski definition) is 1. The van der Waals surface area contributed by atoms with Crippen molar-refractivity contribution in [2.75, 3.05) is 6.61 Å². The standard InChI is InChI=1S/C12H13F5N2O2/c1-2-21-9(20)4-6-3-7(11(13)14)19-8(5-18)10(6)12(15,16)17/h3,11H,2,4-5,18H2,1H3. The topological polar surface area (TPSA) is 65.2 Å². The number of nitrogens with two attached hydrogens (primary N) is 1. The molecule has 0 spiro atoms. The maximum absolute atomic E-state index is 13.0. The molecule has 0 amide bonds. The summed E-state index contributed by atoms with van der Waals surface area (Å²) in [5.41, 5.74) is 1.69. The highest BCUT2D eigenvalue weighted by molar-refractivity contribution is 5.73. The van der Waals surface area contributed by atoms with Crippen molar-refractivity contribution >= 4 is 5.97 Å². The molecule has 4 nitrogen and oxygen atoms in total. The minimum atomic E-state index is -4.86. The lowest BCUT2D eigenvalue weighted by molar-refractivity contribution is -0.143. The molecule has 0 aliphatic rings. The molecule has 1 heterocycles. The lowest BCUT2D eigenvalue weighted by atomic mass is 10.0. The minimum absolute atomic E-state index is 0.0310. The van der Waals surface area contributed by atoms with Crippen molar-refractivity contribution in [3.8, 4) is 0 Å². The predicted octanol–water partition coefficient (Wildman–Crippen LogP) is 2.60. The Kier molecular flexibility index (Phi) is 5.59. The van der Waals surface area contributed by atoms with E-state index in [0.717, 1.165) is 0 Å². The van der Waals surface area contributed by atoms with Crippen LogP contribution in [0.5, 0.6) is 0 Å². The van der Waals surface area contributed by atoms with Gasteiger partial charge in [0.1, 0.15) is 5.69 Å². The first kappa shape index (κ1) is 17.3. The second kappa shape index (κ2) is 6.79. The average molecular weight is 312 g/mol. The summed E-state index contributed by atoms with van der Waals surface area (Å²) in [6, 6.07) is 0.559. The monoisotopic (exact) mass is 312 g/mol. The zero-order valence-electron chi connectivity index (χ0n) is 11.0. The molecular formula is C12H13F5N2O2. The summed E-state index contributed by atoms with van der Waals surface area (Å²) in [5, 5.41) is 0. The van der Waals surface area contributed by atoms with Crippen LogP contribution in [0.15, 0.2) is 6.07 Å². The first-order valence-corrected chi connectivity index (χ1v) is 5.94. The highest BCUT2D eigenvalue weighted by Gasteiger charge is 2.38. The molecule has 2 N–H and O–H groups in total. The second-order valence-corrected chi connectivity index (χ2v) is 4.01. The Morgan fingerprint density at radius 1 is 1.43 bits per heavy atom. The summed E-state index contributed by atoms with van der Waals surface area (Å²) in [4.78, 5) is 14.6. The van der Waals surface area contributed by atoms with Crippen LogP contribution in [0, 0.1) is 0 Å². The third kappa shape index (κ3) is 4.35. The van der Waals surface area contributed by atoms with Gasteiger partial charge in [-0.1, -0.05) is 0 Å². The lowest BCUT2D eigenvalue weighted by Gasteiger charge is -2.17. The van der Waals surface area contributed by atoms with E-state index in [1.54, 1.807) is 0 Å². The number of alkyl halides is 5. The van der Waals surface area contributed by atoms with Gasteiger partial charge in [-0.2, -0.15) is 13.2 Å². The number of halogens is 5. The number of aromatic nitrogens is 1. The number of rotatable bonds is 5. The van der Waals surface area contributed by atoms with E-state index in [9.17, 15) is 26.7 Å². The molecule has 0 bridgehead atoms. The molecule has 1 aromatic heterocycles. The van der Waals surface area contributed by atoms with Gasteiger partial charge in [0.25, 0.3) is 6.43 Å². The summed E-state index contributed by atoms with van der Waals surface area (Å²) in [5.74, 6) is -0.947. The normalized spacial score (nSPS) is 11.8. The van der Waals surface area contributed by atoms with E-state index in [4.69, 9.17) is 5.73 Å². The average Bonchev–Trinajstić information content (AvgIpc) is 2.36. The highest BCUT2D eigenvalue weighted by Crippen LogP contribution is 2.36. The van der Waals surface area contributed by atoms with Crippen LogP contribution in [0.2, 0.25) is 0 Å². The Hall–Kier alpha value is -1.77. The predicted molar refractivity (Wildman–Crippen MR) is 62.4 cm³/mol. The fraction of sp³-hybridized carbons (Fsp3) is 0.500. The van der Waals surface area contributed by atoms with Crippen molar-refractivity contribution in [1.29, 1.82) is 0 Å². The Labute approximate surface area is 117 Å². The van der Waals surface area contributed by atoms with Gasteiger partial charge in [0, 0.05) is 6.54 Å². The van der Waals surface area contributed by atoms with Crippen LogP contribution in [0.3, 0.4) is 0 Å². The summed E-state index contributed by atoms with van der Waals surface area (Å²) in [6.45, 7) is 0.771. The summed E-state index contributed by atoms with van der Waals surface area (Å²) in [6.07, 6.45) is -8.71. The fourth-order valence-electron chi connectivity index (χ4n) is 1.79. The Balaban J connectivity index is 3.40. The maximum atomic E-state index is 13.0. The molecule has 0 aromatic carbocycles. The number of carbonyl (C=O) groups is 1. The van der Waals surface area contributed by atoms with E-state index in [2.05, 4.69) is 9.72 Å². The number of carbonyl (C=O) groups excluding carboxylic acids is 1. The number of nitrogens with zero attached hydrogens (tertiary/aromatic N) is 1. The van der Waals surface area contributed by atoms with Crippen LogP contribution in [-0.2, 0) is 28.7 Å². The summed E-state index contributed by atoms with van der Waals surface area (Å²) < 4.78 is 69.0. The van der Waals surface area contributed by atoms with Crippen molar-refractivity contribution in [3.63, 3.8) is 0 Å². The van der Waals surface area contributed by atoms with Gasteiger partial charge in [-0.05, 0) is 18.6 Å². The van der Waals surface area contributed by atoms with Gasteiger partial charge in [-0.25, -0.2) is 13.8 Å². The minimum Gasteiger partial charge on any atom is -0.466 e. The molecule has 1 aromatic rings. The zero-order valence-corrected chi connectivity index (χ0v) is 11.0. The maximum Gasteiger partial charge on any atom is 0.418 e. The van der Waals surface area contributed by atoms with Crippen molar-refractivity contribution in [1.82, 2.24) is 4.98 Å². The molecule has 0 radical (unpaired) electrons. The molecule has 118 valence electrons. The van der Waals surface area contributed by atoms with Crippen LogP contribution >= 0.6 is 0 Å². The van der Waals surface area contributed by atoms with Gasteiger partial charge in [0.05, 0.1) is 24.3 Å². The van der Waals surface area contributed by atoms with Crippen LogP contribution < -0.4 is 5.73 Å². The quantitative estimate of drug-likeness (QED) is 0.670. The van der Waals surface area contributed by atoms with Crippen molar-refractivity contribution in [2.24, 2.45) is 5.73 Å². The molecule has 21 heavy (non-hydrogen) atoms. The van der Waals surface area contributed by atoms with E-state index >= 15 is 0 Å². The van der Waals surface area contributed by atoms with Gasteiger partial charge < -0.3 is 10.5 Å². The Morgan fingerprint density at radius 2 is 2.05 bits per heavy atom. The smallest absolute Gasteiger partial charge is 0.418 e. The number of hydrogen-bond acceptors (Lipinski definition) is 4. The largest absolute Gasteiger partial charge is 0.466 e. The van der Waals surface area contributed by atoms with Gasteiger partial charge in [0.15, 0.2) is 0 Å². The number of esters is 1. The summed E-state index contributed by atoms with van der Waals surface area (Å²) in [7, 11) is 0. The van der Waals surface area contributed by atoms with E-state index in [1.165, 1.54) is 6.92 Å². The van der Waals surface area contributed by atoms with Gasteiger partial charge in [0.2, 0.25) is 0 Å². The first-order valence-electron chi connectivity index (χ1n) is 5.94. The van der Waals surface area contributed by atoms with Crippen LogP contribution in [0.1, 0.15) is 35.9 Å².